The van der Waals surface area contributed by atoms with Crippen LogP contribution >= 0.6 is 0 Å². The van der Waals surface area contributed by atoms with Crippen molar-refractivity contribution in [2.45, 2.75) is 32.6 Å². The second-order valence-corrected chi connectivity index (χ2v) is 6.44. The van der Waals surface area contributed by atoms with Crippen molar-refractivity contribution in [1.82, 2.24) is 4.90 Å². The number of hydrogen-bond acceptors (Lipinski definition) is 2. The fraction of sp³-hybridized carbons (Fsp3) is 0.529. The monoisotopic (exact) mass is 325 g/mol. The molecule has 1 aromatic carbocycles. The Kier molecular flexibility index (Phi) is 5.34. The van der Waals surface area contributed by atoms with Gasteiger partial charge < -0.3 is 10.0 Å². The molecule has 0 aliphatic heterocycles. The van der Waals surface area contributed by atoms with Crippen LogP contribution in [0.4, 0.5) is 8.78 Å². The van der Waals surface area contributed by atoms with E-state index in [0.29, 0.717) is 18.5 Å². The smallest absolute Gasteiger partial charge is 0.305 e. The van der Waals surface area contributed by atoms with Crippen LogP contribution < -0.4 is 0 Å². The lowest BCUT2D eigenvalue weighted by Crippen LogP contribution is -2.37. The van der Waals surface area contributed by atoms with E-state index in [-0.39, 0.29) is 36.6 Å². The Balaban J connectivity index is 2.05. The molecule has 6 heteroatoms. The summed E-state index contributed by atoms with van der Waals surface area (Å²) >= 11 is 0. The standard InChI is InChI=1S/C17H21F2NO3/c1-10(2)9-20(6-5-16(21)22)17(23)14-8-13(14)12-4-3-11(18)7-15(12)19/h3-4,7,10,13-14H,5-6,8-9H2,1-2H3,(H,21,22). The average Bonchev–Trinajstić information content (AvgIpc) is 3.22. The van der Waals surface area contributed by atoms with Crippen molar-refractivity contribution in [3.05, 3.63) is 35.4 Å². The highest BCUT2D eigenvalue weighted by molar-refractivity contribution is 5.83. The lowest BCUT2D eigenvalue weighted by Gasteiger charge is -2.24. The molecular formula is C17H21F2NO3. The van der Waals surface area contributed by atoms with Crippen LogP contribution in [0, 0.1) is 23.5 Å². The molecule has 0 bridgehead atoms. The van der Waals surface area contributed by atoms with E-state index in [4.69, 9.17) is 5.11 Å². The molecule has 1 aliphatic carbocycles. The van der Waals surface area contributed by atoms with E-state index in [1.165, 1.54) is 12.1 Å². The maximum absolute atomic E-state index is 13.8. The number of nitrogens with zero attached hydrogens (tertiary/aromatic N) is 1. The van der Waals surface area contributed by atoms with Crippen molar-refractivity contribution >= 4 is 11.9 Å². The minimum Gasteiger partial charge on any atom is -0.481 e. The topological polar surface area (TPSA) is 57.6 Å². The van der Waals surface area contributed by atoms with Crippen molar-refractivity contribution in [1.29, 1.82) is 0 Å². The first-order valence-electron chi connectivity index (χ1n) is 7.75. The molecule has 0 aromatic heterocycles. The molecule has 0 saturated heterocycles. The third kappa shape index (κ3) is 4.50. The molecule has 126 valence electrons. The summed E-state index contributed by atoms with van der Waals surface area (Å²) in [5.41, 5.74) is 0.354. The Labute approximate surface area is 134 Å². The number of benzene rings is 1. The van der Waals surface area contributed by atoms with E-state index in [0.717, 1.165) is 6.07 Å². The van der Waals surface area contributed by atoms with E-state index in [9.17, 15) is 18.4 Å². The van der Waals surface area contributed by atoms with Crippen LogP contribution in [-0.2, 0) is 9.59 Å². The lowest BCUT2D eigenvalue weighted by molar-refractivity contribution is -0.139. The van der Waals surface area contributed by atoms with Crippen LogP contribution in [-0.4, -0.2) is 35.0 Å². The molecule has 1 fully saturated rings. The first kappa shape index (κ1) is 17.4. The number of amides is 1. The van der Waals surface area contributed by atoms with Crippen molar-refractivity contribution < 1.29 is 23.5 Å². The Morgan fingerprint density at radius 2 is 2.04 bits per heavy atom. The molecule has 1 amide bonds. The van der Waals surface area contributed by atoms with Gasteiger partial charge in [-0.2, -0.15) is 0 Å². The number of hydrogen-bond donors (Lipinski definition) is 1. The van der Waals surface area contributed by atoms with Gasteiger partial charge in [-0.05, 0) is 29.9 Å². The second kappa shape index (κ2) is 7.06. The zero-order chi connectivity index (χ0) is 17.1. The van der Waals surface area contributed by atoms with Gasteiger partial charge in [0.1, 0.15) is 11.6 Å². The van der Waals surface area contributed by atoms with Crippen molar-refractivity contribution in [2.75, 3.05) is 13.1 Å². The Bertz CT molecular complexity index is 604. The number of carboxylic acids is 1. The molecule has 2 unspecified atom stereocenters. The highest BCUT2D eigenvalue weighted by Crippen LogP contribution is 2.49. The van der Waals surface area contributed by atoms with E-state index in [1.807, 2.05) is 13.8 Å². The molecule has 1 aliphatic rings. The number of aliphatic carboxylic acids is 1. The number of carbonyl (C=O) groups excluding carboxylic acids is 1. The zero-order valence-corrected chi connectivity index (χ0v) is 13.3. The summed E-state index contributed by atoms with van der Waals surface area (Å²) in [6.45, 7) is 4.53. The van der Waals surface area contributed by atoms with Crippen LogP contribution in [0.5, 0.6) is 0 Å². The minimum absolute atomic E-state index is 0.110. The summed E-state index contributed by atoms with van der Waals surface area (Å²) in [5.74, 6) is -2.75. The van der Waals surface area contributed by atoms with Gasteiger partial charge in [-0.15, -0.1) is 0 Å². The molecule has 2 atom stereocenters. The van der Waals surface area contributed by atoms with Gasteiger partial charge in [-0.1, -0.05) is 19.9 Å². The summed E-state index contributed by atoms with van der Waals surface area (Å²) in [6.07, 6.45) is 0.407. The molecule has 0 radical (unpaired) electrons. The van der Waals surface area contributed by atoms with Crippen LogP contribution in [0.25, 0.3) is 0 Å². The Morgan fingerprint density at radius 1 is 1.35 bits per heavy atom. The van der Waals surface area contributed by atoms with E-state index in [2.05, 4.69) is 0 Å². The summed E-state index contributed by atoms with van der Waals surface area (Å²) < 4.78 is 26.8. The zero-order valence-electron chi connectivity index (χ0n) is 13.3. The fourth-order valence-electron chi connectivity index (χ4n) is 2.81. The van der Waals surface area contributed by atoms with Gasteiger partial charge in [0.15, 0.2) is 0 Å². The van der Waals surface area contributed by atoms with Crippen molar-refractivity contribution in [2.24, 2.45) is 11.8 Å². The van der Waals surface area contributed by atoms with Gasteiger partial charge in [-0.25, -0.2) is 8.78 Å². The first-order valence-corrected chi connectivity index (χ1v) is 7.75. The van der Waals surface area contributed by atoms with Crippen LogP contribution in [0.2, 0.25) is 0 Å². The van der Waals surface area contributed by atoms with E-state index < -0.39 is 17.6 Å². The molecule has 1 saturated carbocycles. The maximum atomic E-state index is 13.8. The molecule has 0 spiro atoms. The summed E-state index contributed by atoms with van der Waals surface area (Å²) in [7, 11) is 0. The van der Waals surface area contributed by atoms with Crippen LogP contribution in [0.1, 0.15) is 38.2 Å². The summed E-state index contributed by atoms with van der Waals surface area (Å²) in [4.78, 5) is 24.8. The number of carbonyl (C=O) groups is 2. The number of halogens is 2. The maximum Gasteiger partial charge on any atom is 0.305 e. The molecule has 23 heavy (non-hydrogen) atoms. The Morgan fingerprint density at radius 3 is 2.61 bits per heavy atom. The average molecular weight is 325 g/mol. The SMILES string of the molecule is CC(C)CN(CCC(=O)O)C(=O)C1CC1c1ccc(F)cc1F. The quantitative estimate of drug-likeness (QED) is 0.838. The largest absolute Gasteiger partial charge is 0.481 e. The van der Waals surface area contributed by atoms with E-state index in [1.54, 1.807) is 4.90 Å². The van der Waals surface area contributed by atoms with Gasteiger partial charge >= 0.3 is 5.97 Å². The van der Waals surface area contributed by atoms with Gasteiger partial charge in [0, 0.05) is 25.1 Å². The van der Waals surface area contributed by atoms with Gasteiger partial charge in [0.05, 0.1) is 6.42 Å². The predicted molar refractivity (Wildman–Crippen MR) is 80.9 cm³/mol. The lowest BCUT2D eigenvalue weighted by atomic mass is 10.1. The van der Waals surface area contributed by atoms with Crippen molar-refractivity contribution in [3.8, 4) is 0 Å². The molecule has 1 aromatic rings. The predicted octanol–water partition coefficient (Wildman–Crippen LogP) is 3.03. The number of carboxylic acid groups (broad SMARTS) is 1. The summed E-state index contributed by atoms with van der Waals surface area (Å²) in [6, 6.07) is 3.40. The van der Waals surface area contributed by atoms with Crippen molar-refractivity contribution in [3.63, 3.8) is 0 Å². The second-order valence-electron chi connectivity index (χ2n) is 6.44. The first-order chi connectivity index (χ1) is 10.8. The van der Waals surface area contributed by atoms with Crippen LogP contribution in [0.15, 0.2) is 18.2 Å². The molecule has 1 N–H and O–H groups in total. The molecule has 2 rings (SSSR count). The van der Waals surface area contributed by atoms with Crippen LogP contribution in [0.3, 0.4) is 0 Å². The van der Waals surface area contributed by atoms with Gasteiger partial charge in [0.25, 0.3) is 0 Å². The van der Waals surface area contributed by atoms with Gasteiger partial charge in [0.2, 0.25) is 5.91 Å². The highest BCUT2D eigenvalue weighted by atomic mass is 19.1. The third-order valence-electron chi connectivity index (χ3n) is 3.96. The van der Waals surface area contributed by atoms with Gasteiger partial charge in [-0.3, -0.25) is 9.59 Å². The third-order valence-corrected chi connectivity index (χ3v) is 3.96. The van der Waals surface area contributed by atoms with E-state index >= 15 is 0 Å². The fourth-order valence-corrected chi connectivity index (χ4v) is 2.81. The highest BCUT2D eigenvalue weighted by Gasteiger charge is 2.46. The normalized spacial score (nSPS) is 19.7. The molecule has 4 nitrogen and oxygen atoms in total. The molecular weight excluding hydrogens is 304 g/mol. The summed E-state index contributed by atoms with van der Waals surface area (Å²) in [5, 5.41) is 8.80. The number of rotatable bonds is 7. The Hall–Kier alpha value is -1.98. The molecule has 0 heterocycles. The minimum atomic E-state index is -0.955.